The van der Waals surface area contributed by atoms with E-state index in [0.717, 1.165) is 36.6 Å². The Kier molecular flexibility index (Phi) is 3.34. The van der Waals surface area contributed by atoms with Gasteiger partial charge in [0.2, 0.25) is 0 Å². The summed E-state index contributed by atoms with van der Waals surface area (Å²) in [6.07, 6.45) is 2.21. The van der Waals surface area contributed by atoms with Gasteiger partial charge in [0.1, 0.15) is 0 Å². The lowest BCUT2D eigenvalue weighted by Crippen LogP contribution is -2.29. The topological polar surface area (TPSA) is 29.3 Å². The van der Waals surface area contributed by atoms with Crippen LogP contribution in [-0.4, -0.2) is 6.54 Å². The quantitative estimate of drug-likeness (QED) is 0.841. The fourth-order valence-corrected chi connectivity index (χ4v) is 2.92. The predicted molar refractivity (Wildman–Crippen MR) is 81.7 cm³/mol. The molecule has 0 spiro atoms. The third-order valence-corrected chi connectivity index (χ3v) is 4.07. The van der Waals surface area contributed by atoms with Gasteiger partial charge in [-0.3, -0.25) is 0 Å². The largest absolute Gasteiger partial charge is 0.398 e. The van der Waals surface area contributed by atoms with Gasteiger partial charge in [-0.05, 0) is 42.2 Å². The molecular weight excluding hydrogens is 256 g/mol. The van der Waals surface area contributed by atoms with Crippen molar-refractivity contribution in [2.24, 2.45) is 0 Å². The lowest BCUT2D eigenvalue weighted by atomic mass is 9.99. The molecule has 1 aliphatic heterocycles. The van der Waals surface area contributed by atoms with Crippen molar-refractivity contribution < 1.29 is 0 Å². The van der Waals surface area contributed by atoms with Crippen molar-refractivity contribution in [3.8, 4) is 0 Å². The first kappa shape index (κ1) is 12.4. The standard InChI is InChI=1S/C16H17ClN2/c17-14-7-2-1-5-12(14)11-19-10-4-6-13-15(18)8-3-9-16(13)19/h1-3,5,7-9H,4,6,10-11,18H2. The molecule has 0 radical (unpaired) electrons. The Morgan fingerprint density at radius 2 is 1.95 bits per heavy atom. The van der Waals surface area contributed by atoms with E-state index in [9.17, 15) is 0 Å². The van der Waals surface area contributed by atoms with Gasteiger partial charge in [0.15, 0.2) is 0 Å². The van der Waals surface area contributed by atoms with Crippen LogP contribution in [0.3, 0.4) is 0 Å². The molecule has 19 heavy (non-hydrogen) atoms. The first-order valence-corrected chi connectivity index (χ1v) is 6.99. The second kappa shape index (κ2) is 5.14. The number of nitrogens with zero attached hydrogens (tertiary/aromatic N) is 1. The van der Waals surface area contributed by atoms with Crippen molar-refractivity contribution >= 4 is 23.0 Å². The van der Waals surface area contributed by atoms with Gasteiger partial charge < -0.3 is 10.6 Å². The summed E-state index contributed by atoms with van der Waals surface area (Å²) in [5.74, 6) is 0. The number of anilines is 2. The molecule has 2 aromatic rings. The minimum absolute atomic E-state index is 0.832. The number of fused-ring (bicyclic) bond motifs is 1. The maximum absolute atomic E-state index is 6.25. The Bertz CT molecular complexity index is 595. The van der Waals surface area contributed by atoms with Crippen LogP contribution in [0.15, 0.2) is 42.5 Å². The predicted octanol–water partition coefficient (Wildman–Crippen LogP) is 3.88. The number of benzene rings is 2. The van der Waals surface area contributed by atoms with Crippen LogP contribution < -0.4 is 10.6 Å². The molecule has 3 rings (SSSR count). The molecule has 1 aliphatic rings. The van der Waals surface area contributed by atoms with E-state index in [-0.39, 0.29) is 0 Å². The van der Waals surface area contributed by atoms with Crippen LogP contribution >= 0.6 is 11.6 Å². The van der Waals surface area contributed by atoms with E-state index in [1.165, 1.54) is 16.8 Å². The molecule has 0 atom stereocenters. The average molecular weight is 273 g/mol. The van der Waals surface area contributed by atoms with Gasteiger partial charge in [0.05, 0.1) is 0 Å². The van der Waals surface area contributed by atoms with Gasteiger partial charge in [-0.15, -0.1) is 0 Å². The molecule has 3 heteroatoms. The van der Waals surface area contributed by atoms with E-state index in [1.807, 2.05) is 30.3 Å². The lowest BCUT2D eigenvalue weighted by molar-refractivity contribution is 0.692. The van der Waals surface area contributed by atoms with Crippen LogP contribution in [0.2, 0.25) is 5.02 Å². The molecule has 98 valence electrons. The molecule has 0 amide bonds. The third kappa shape index (κ3) is 2.41. The average Bonchev–Trinajstić information content (AvgIpc) is 2.42. The van der Waals surface area contributed by atoms with Crippen molar-refractivity contribution in [2.75, 3.05) is 17.2 Å². The zero-order valence-electron chi connectivity index (χ0n) is 10.8. The lowest BCUT2D eigenvalue weighted by Gasteiger charge is -2.32. The molecular formula is C16H17ClN2. The zero-order chi connectivity index (χ0) is 13.2. The molecule has 0 unspecified atom stereocenters. The van der Waals surface area contributed by atoms with Gasteiger partial charge in [-0.1, -0.05) is 35.9 Å². The SMILES string of the molecule is Nc1cccc2c1CCCN2Cc1ccccc1Cl. The minimum atomic E-state index is 0.832. The van der Waals surface area contributed by atoms with Crippen LogP contribution in [0, 0.1) is 0 Å². The highest BCUT2D eigenvalue weighted by Gasteiger charge is 2.19. The Balaban J connectivity index is 1.92. The number of hydrogen-bond donors (Lipinski definition) is 1. The highest BCUT2D eigenvalue weighted by Crippen LogP contribution is 2.32. The number of nitrogens with two attached hydrogens (primary N) is 1. The molecule has 0 saturated heterocycles. The second-order valence-electron chi connectivity index (χ2n) is 4.96. The van der Waals surface area contributed by atoms with Crippen LogP contribution in [0.25, 0.3) is 0 Å². The normalized spacial score (nSPS) is 14.3. The fraction of sp³-hybridized carbons (Fsp3) is 0.250. The monoisotopic (exact) mass is 272 g/mol. The molecule has 0 bridgehead atoms. The zero-order valence-corrected chi connectivity index (χ0v) is 11.5. The Morgan fingerprint density at radius 3 is 2.79 bits per heavy atom. The maximum atomic E-state index is 6.25. The smallest absolute Gasteiger partial charge is 0.0455 e. The van der Waals surface area contributed by atoms with E-state index < -0.39 is 0 Å². The molecule has 2 N–H and O–H groups in total. The summed E-state index contributed by atoms with van der Waals surface area (Å²) in [4.78, 5) is 2.37. The Labute approximate surface area is 118 Å². The maximum Gasteiger partial charge on any atom is 0.0455 e. The van der Waals surface area contributed by atoms with Crippen molar-refractivity contribution in [2.45, 2.75) is 19.4 Å². The van der Waals surface area contributed by atoms with E-state index in [2.05, 4.69) is 17.0 Å². The molecule has 2 nitrogen and oxygen atoms in total. The van der Waals surface area contributed by atoms with E-state index >= 15 is 0 Å². The van der Waals surface area contributed by atoms with Crippen LogP contribution in [0.1, 0.15) is 17.5 Å². The molecule has 0 fully saturated rings. The second-order valence-corrected chi connectivity index (χ2v) is 5.37. The Morgan fingerprint density at radius 1 is 1.11 bits per heavy atom. The number of nitrogen functional groups attached to an aromatic ring is 1. The summed E-state index contributed by atoms with van der Waals surface area (Å²) in [6, 6.07) is 14.2. The van der Waals surface area contributed by atoms with Gasteiger partial charge in [0.25, 0.3) is 0 Å². The first-order valence-electron chi connectivity index (χ1n) is 6.61. The number of halogens is 1. The highest BCUT2D eigenvalue weighted by atomic mass is 35.5. The van der Waals surface area contributed by atoms with Crippen molar-refractivity contribution in [1.82, 2.24) is 0 Å². The van der Waals surface area contributed by atoms with Crippen molar-refractivity contribution in [1.29, 1.82) is 0 Å². The van der Waals surface area contributed by atoms with Crippen LogP contribution in [0.4, 0.5) is 11.4 Å². The van der Waals surface area contributed by atoms with Crippen LogP contribution in [0.5, 0.6) is 0 Å². The molecule has 0 aliphatic carbocycles. The summed E-state index contributed by atoms with van der Waals surface area (Å²) in [5, 5.41) is 0.832. The summed E-state index contributed by atoms with van der Waals surface area (Å²) >= 11 is 6.25. The number of rotatable bonds is 2. The summed E-state index contributed by atoms with van der Waals surface area (Å²) in [5.41, 5.74) is 10.7. The van der Waals surface area contributed by atoms with Gasteiger partial charge >= 0.3 is 0 Å². The molecule has 0 saturated carbocycles. The first-order chi connectivity index (χ1) is 9.25. The van der Waals surface area contributed by atoms with Crippen LogP contribution in [-0.2, 0) is 13.0 Å². The Hall–Kier alpha value is -1.67. The molecule has 1 heterocycles. The summed E-state index contributed by atoms with van der Waals surface area (Å²) in [7, 11) is 0. The van der Waals surface area contributed by atoms with Gasteiger partial charge in [-0.2, -0.15) is 0 Å². The van der Waals surface area contributed by atoms with Crippen molar-refractivity contribution in [3.63, 3.8) is 0 Å². The van der Waals surface area contributed by atoms with E-state index in [4.69, 9.17) is 17.3 Å². The fourth-order valence-electron chi connectivity index (χ4n) is 2.72. The minimum Gasteiger partial charge on any atom is -0.398 e. The van der Waals surface area contributed by atoms with Gasteiger partial charge in [0, 0.05) is 29.5 Å². The molecule has 2 aromatic carbocycles. The number of hydrogen-bond acceptors (Lipinski definition) is 2. The van der Waals surface area contributed by atoms with Crippen molar-refractivity contribution in [3.05, 3.63) is 58.6 Å². The van der Waals surface area contributed by atoms with Gasteiger partial charge in [-0.25, -0.2) is 0 Å². The highest BCUT2D eigenvalue weighted by molar-refractivity contribution is 6.31. The van der Waals surface area contributed by atoms with E-state index in [0.29, 0.717) is 0 Å². The van der Waals surface area contributed by atoms with E-state index in [1.54, 1.807) is 0 Å². The summed E-state index contributed by atoms with van der Waals surface area (Å²) in [6.45, 7) is 1.90. The third-order valence-electron chi connectivity index (χ3n) is 3.70. The molecule has 0 aromatic heterocycles. The summed E-state index contributed by atoms with van der Waals surface area (Å²) < 4.78 is 0.